The summed E-state index contributed by atoms with van der Waals surface area (Å²) >= 11 is 11.9. The van der Waals surface area contributed by atoms with Crippen LogP contribution >= 0.6 is 23.2 Å². The Morgan fingerprint density at radius 1 is 1.12 bits per heavy atom. The van der Waals surface area contributed by atoms with Crippen LogP contribution in [-0.4, -0.2) is 65.4 Å². The summed E-state index contributed by atoms with van der Waals surface area (Å²) in [6.07, 6.45) is 2.90. The number of aromatic nitrogens is 2. The van der Waals surface area contributed by atoms with E-state index >= 15 is 0 Å². The van der Waals surface area contributed by atoms with E-state index in [1.54, 1.807) is 30.6 Å². The van der Waals surface area contributed by atoms with Crippen molar-refractivity contribution in [3.63, 3.8) is 0 Å². The second kappa shape index (κ2) is 8.67. The Morgan fingerprint density at radius 2 is 1.84 bits per heavy atom. The summed E-state index contributed by atoms with van der Waals surface area (Å²) in [4.78, 5) is 12.9. The normalized spacial score (nSPS) is 16.7. The van der Waals surface area contributed by atoms with Crippen LogP contribution in [0.4, 0.5) is 5.95 Å². The van der Waals surface area contributed by atoms with E-state index in [2.05, 4.69) is 19.8 Å². The Hall–Kier alpha value is -1.60. The van der Waals surface area contributed by atoms with Crippen LogP contribution in [0.5, 0.6) is 5.75 Å². The molecular formula is C17H20Cl2N4O2. The molecule has 0 spiro atoms. The predicted molar refractivity (Wildman–Crippen MR) is 98.6 cm³/mol. The molecule has 8 heteroatoms. The molecule has 1 saturated heterocycles. The first-order chi connectivity index (χ1) is 12.1. The number of rotatable bonds is 6. The molecule has 25 heavy (non-hydrogen) atoms. The van der Waals surface area contributed by atoms with Gasteiger partial charge in [-0.1, -0.05) is 23.2 Å². The van der Waals surface area contributed by atoms with Crippen LogP contribution in [-0.2, 0) is 0 Å². The van der Waals surface area contributed by atoms with E-state index in [4.69, 9.17) is 27.9 Å². The van der Waals surface area contributed by atoms with Crippen molar-refractivity contribution in [1.29, 1.82) is 0 Å². The van der Waals surface area contributed by atoms with Gasteiger partial charge in [0.05, 0.1) is 5.02 Å². The highest BCUT2D eigenvalue weighted by atomic mass is 35.5. The molecule has 134 valence electrons. The molecule has 0 radical (unpaired) electrons. The van der Waals surface area contributed by atoms with Gasteiger partial charge in [0.25, 0.3) is 0 Å². The second-order valence-corrected chi connectivity index (χ2v) is 6.72. The highest BCUT2D eigenvalue weighted by Crippen LogP contribution is 2.27. The number of piperazine rings is 1. The van der Waals surface area contributed by atoms with Crippen LogP contribution in [0.3, 0.4) is 0 Å². The van der Waals surface area contributed by atoms with Gasteiger partial charge in [0.15, 0.2) is 0 Å². The van der Waals surface area contributed by atoms with Gasteiger partial charge in [0.2, 0.25) is 5.95 Å². The summed E-state index contributed by atoms with van der Waals surface area (Å²) < 4.78 is 5.59. The van der Waals surface area contributed by atoms with Crippen molar-refractivity contribution >= 4 is 29.2 Å². The number of hydrogen-bond donors (Lipinski definition) is 1. The van der Waals surface area contributed by atoms with Crippen molar-refractivity contribution in [3.8, 4) is 5.75 Å². The van der Waals surface area contributed by atoms with Gasteiger partial charge in [-0.15, -0.1) is 0 Å². The average molecular weight is 383 g/mol. The highest BCUT2D eigenvalue weighted by Gasteiger charge is 2.21. The fourth-order valence-electron chi connectivity index (χ4n) is 2.71. The van der Waals surface area contributed by atoms with Crippen LogP contribution in [0.15, 0.2) is 36.7 Å². The molecule has 0 unspecified atom stereocenters. The number of nitrogens with zero attached hydrogens (tertiary/aromatic N) is 4. The highest BCUT2D eigenvalue weighted by molar-refractivity contribution is 6.35. The molecule has 1 aliphatic heterocycles. The van der Waals surface area contributed by atoms with E-state index < -0.39 is 6.10 Å². The number of benzene rings is 1. The van der Waals surface area contributed by atoms with Crippen molar-refractivity contribution in [3.05, 3.63) is 46.7 Å². The summed E-state index contributed by atoms with van der Waals surface area (Å²) in [5.41, 5.74) is 0. The molecule has 1 aromatic carbocycles. The number of aliphatic hydroxyl groups is 1. The van der Waals surface area contributed by atoms with Crippen LogP contribution in [0, 0.1) is 0 Å². The third-order valence-corrected chi connectivity index (χ3v) is 4.53. The molecule has 0 aliphatic carbocycles. The molecule has 1 aliphatic rings. The molecular weight excluding hydrogens is 363 g/mol. The van der Waals surface area contributed by atoms with E-state index in [0.717, 1.165) is 32.1 Å². The predicted octanol–water partition coefficient (Wildman–Crippen LogP) is 2.35. The maximum absolute atomic E-state index is 10.2. The number of halogens is 2. The van der Waals surface area contributed by atoms with Gasteiger partial charge < -0.3 is 14.7 Å². The van der Waals surface area contributed by atoms with E-state index in [-0.39, 0.29) is 6.61 Å². The van der Waals surface area contributed by atoms with Crippen LogP contribution < -0.4 is 9.64 Å². The van der Waals surface area contributed by atoms with Gasteiger partial charge in [-0.05, 0) is 24.3 Å². The molecule has 0 bridgehead atoms. The Bertz CT molecular complexity index is 682. The Morgan fingerprint density at radius 3 is 2.52 bits per heavy atom. The van der Waals surface area contributed by atoms with Crippen molar-refractivity contribution in [2.75, 3.05) is 44.2 Å². The summed E-state index contributed by atoms with van der Waals surface area (Å²) in [6.45, 7) is 4.09. The fraction of sp³-hybridized carbons (Fsp3) is 0.412. The lowest BCUT2D eigenvalue weighted by molar-refractivity contribution is 0.0662. The van der Waals surface area contributed by atoms with E-state index in [0.29, 0.717) is 22.3 Å². The van der Waals surface area contributed by atoms with E-state index in [1.807, 2.05) is 6.07 Å². The number of aliphatic hydroxyl groups excluding tert-OH is 1. The first kappa shape index (κ1) is 18.2. The van der Waals surface area contributed by atoms with Crippen LogP contribution in [0.1, 0.15) is 0 Å². The second-order valence-electron chi connectivity index (χ2n) is 5.88. The third-order valence-electron chi connectivity index (χ3n) is 4.00. The monoisotopic (exact) mass is 382 g/mol. The van der Waals surface area contributed by atoms with Gasteiger partial charge in [-0.2, -0.15) is 0 Å². The topological polar surface area (TPSA) is 61.7 Å². The minimum absolute atomic E-state index is 0.184. The Kier molecular flexibility index (Phi) is 6.31. The molecule has 1 fully saturated rings. The SMILES string of the molecule is O[C@@H](COc1ccc(Cl)cc1Cl)CN1CCN(c2ncccn2)CC1. The molecule has 1 aromatic heterocycles. The largest absolute Gasteiger partial charge is 0.489 e. The van der Waals surface area contributed by atoms with Crippen molar-refractivity contribution in [2.24, 2.45) is 0 Å². The maximum atomic E-state index is 10.2. The average Bonchev–Trinajstić information content (AvgIpc) is 2.62. The Balaban J connectivity index is 1.42. The van der Waals surface area contributed by atoms with Crippen LogP contribution in [0.25, 0.3) is 0 Å². The number of anilines is 1. The zero-order chi connectivity index (χ0) is 17.6. The quantitative estimate of drug-likeness (QED) is 0.827. The molecule has 0 saturated carbocycles. The van der Waals surface area contributed by atoms with Gasteiger partial charge >= 0.3 is 0 Å². The lowest BCUT2D eigenvalue weighted by Crippen LogP contribution is -2.49. The van der Waals surface area contributed by atoms with Crippen molar-refractivity contribution in [1.82, 2.24) is 14.9 Å². The third kappa shape index (κ3) is 5.19. The summed E-state index contributed by atoms with van der Waals surface area (Å²) in [5.74, 6) is 1.28. The van der Waals surface area contributed by atoms with Gasteiger partial charge in [-0.25, -0.2) is 9.97 Å². The fourth-order valence-corrected chi connectivity index (χ4v) is 3.18. The summed E-state index contributed by atoms with van der Waals surface area (Å²) in [5, 5.41) is 11.2. The standard InChI is InChI=1S/C17H20Cl2N4O2/c18-13-2-3-16(15(19)10-13)25-12-14(24)11-22-6-8-23(9-7-22)17-20-4-1-5-21-17/h1-5,10,14,24H,6-9,11-12H2/t14-/m1/s1. The van der Waals surface area contributed by atoms with E-state index in [9.17, 15) is 5.11 Å². The lowest BCUT2D eigenvalue weighted by Gasteiger charge is -2.35. The molecule has 2 aromatic rings. The number of ether oxygens (including phenoxy) is 1. The summed E-state index contributed by atoms with van der Waals surface area (Å²) in [6, 6.07) is 6.84. The molecule has 1 N–H and O–H groups in total. The molecule has 0 amide bonds. The number of hydrogen-bond acceptors (Lipinski definition) is 6. The smallest absolute Gasteiger partial charge is 0.225 e. The number of β-amino-alcohol motifs (C(OH)–C–C–N with tert-alkyl or cyclic N) is 1. The summed E-state index contributed by atoms with van der Waals surface area (Å²) in [7, 11) is 0. The first-order valence-electron chi connectivity index (χ1n) is 8.12. The molecule has 2 heterocycles. The molecule has 6 nitrogen and oxygen atoms in total. The van der Waals surface area contributed by atoms with E-state index in [1.165, 1.54) is 0 Å². The van der Waals surface area contributed by atoms with Gasteiger partial charge in [0.1, 0.15) is 18.5 Å². The minimum atomic E-state index is -0.591. The van der Waals surface area contributed by atoms with Crippen molar-refractivity contribution in [2.45, 2.75) is 6.10 Å². The zero-order valence-electron chi connectivity index (χ0n) is 13.7. The molecule has 3 rings (SSSR count). The van der Waals surface area contributed by atoms with Gasteiger partial charge in [-0.3, -0.25) is 4.90 Å². The van der Waals surface area contributed by atoms with Crippen molar-refractivity contribution < 1.29 is 9.84 Å². The Labute approximate surface area is 157 Å². The van der Waals surface area contributed by atoms with Crippen LogP contribution in [0.2, 0.25) is 10.0 Å². The lowest BCUT2D eigenvalue weighted by atomic mass is 10.2. The maximum Gasteiger partial charge on any atom is 0.225 e. The zero-order valence-corrected chi connectivity index (χ0v) is 15.2. The first-order valence-corrected chi connectivity index (χ1v) is 8.87. The minimum Gasteiger partial charge on any atom is -0.489 e. The molecule has 1 atom stereocenters. The van der Waals surface area contributed by atoms with Gasteiger partial charge in [0, 0.05) is 50.1 Å².